The van der Waals surface area contributed by atoms with Crippen molar-refractivity contribution >= 4 is 17.5 Å². The van der Waals surface area contributed by atoms with E-state index in [0.29, 0.717) is 32.3 Å². The Morgan fingerprint density at radius 1 is 1.36 bits per heavy atom. The number of morpholine rings is 1. The van der Waals surface area contributed by atoms with E-state index < -0.39 is 0 Å². The molecule has 25 heavy (non-hydrogen) atoms. The highest BCUT2D eigenvalue weighted by atomic mass is 16.5. The number of nitrogens with one attached hydrogen (secondary N) is 2. The zero-order chi connectivity index (χ0) is 17.6. The predicted octanol–water partition coefficient (Wildman–Crippen LogP) is 0.324. The molecule has 0 unspecified atom stereocenters. The lowest BCUT2D eigenvalue weighted by molar-refractivity contribution is -0.137. The molecule has 1 amide bonds. The molecule has 1 aromatic heterocycles. The van der Waals surface area contributed by atoms with Gasteiger partial charge in [0.15, 0.2) is 0 Å². The van der Waals surface area contributed by atoms with Crippen LogP contribution < -0.4 is 15.5 Å². The Hall–Kier alpha value is -1.93. The van der Waals surface area contributed by atoms with Gasteiger partial charge in [-0.15, -0.1) is 0 Å². The van der Waals surface area contributed by atoms with Gasteiger partial charge in [0.1, 0.15) is 18.0 Å². The molecule has 3 heterocycles. The number of carbonyl (C=O) groups excluding carboxylic acids is 1. The molecule has 0 radical (unpaired) electrons. The number of hydrogen-bond donors (Lipinski definition) is 2. The molecule has 8 nitrogen and oxygen atoms in total. The summed E-state index contributed by atoms with van der Waals surface area (Å²) in [6.07, 6.45) is 3.83. The van der Waals surface area contributed by atoms with Crippen molar-refractivity contribution < 1.29 is 9.53 Å². The van der Waals surface area contributed by atoms with Crippen LogP contribution in [0.2, 0.25) is 0 Å². The first-order valence-corrected chi connectivity index (χ1v) is 9.05. The van der Waals surface area contributed by atoms with E-state index in [2.05, 4.69) is 25.5 Å². The van der Waals surface area contributed by atoms with E-state index in [1.807, 2.05) is 24.9 Å². The largest absolute Gasteiger partial charge is 0.378 e. The molecule has 2 N–H and O–H groups in total. The van der Waals surface area contributed by atoms with E-state index in [0.717, 1.165) is 37.6 Å². The number of amides is 1. The normalized spacial score (nSPS) is 22.1. The van der Waals surface area contributed by atoms with Crippen LogP contribution in [0.1, 0.15) is 19.8 Å². The van der Waals surface area contributed by atoms with E-state index in [1.54, 1.807) is 6.33 Å². The Balaban J connectivity index is 1.55. The third kappa shape index (κ3) is 4.38. The highest BCUT2D eigenvalue weighted by molar-refractivity contribution is 5.81. The molecular weight excluding hydrogens is 320 g/mol. The number of hydrogen-bond acceptors (Lipinski definition) is 7. The zero-order valence-corrected chi connectivity index (χ0v) is 15.1. The molecule has 2 saturated heterocycles. The van der Waals surface area contributed by atoms with Gasteiger partial charge in [0.25, 0.3) is 0 Å². The number of anilines is 2. The minimum atomic E-state index is -0.182. The highest BCUT2D eigenvalue weighted by Crippen LogP contribution is 2.24. The lowest BCUT2D eigenvalue weighted by atomic mass is 10.2. The van der Waals surface area contributed by atoms with Gasteiger partial charge >= 0.3 is 0 Å². The third-order valence-electron chi connectivity index (χ3n) is 4.93. The van der Waals surface area contributed by atoms with E-state index in [4.69, 9.17) is 4.74 Å². The van der Waals surface area contributed by atoms with Crippen LogP contribution in [0.4, 0.5) is 11.6 Å². The fraction of sp³-hybridized carbons (Fsp3) is 0.706. The standard InChI is InChI=1S/C17H28N6O2/c1-13(17(24)22-6-8-25-9-7-22)19-11-14-4-3-5-23(14)16-10-15(18-2)20-12-21-16/h10,12-14,19H,3-9,11H2,1-2H3,(H,18,20,21)/t13-,14+/m1/s1. The maximum absolute atomic E-state index is 12.5. The first-order valence-electron chi connectivity index (χ1n) is 9.05. The molecule has 0 spiro atoms. The second-order valence-electron chi connectivity index (χ2n) is 6.57. The number of carbonyl (C=O) groups is 1. The highest BCUT2D eigenvalue weighted by Gasteiger charge is 2.28. The maximum atomic E-state index is 12.5. The maximum Gasteiger partial charge on any atom is 0.239 e. The summed E-state index contributed by atoms with van der Waals surface area (Å²) in [5.41, 5.74) is 0. The zero-order valence-electron chi connectivity index (χ0n) is 15.1. The van der Waals surface area contributed by atoms with Gasteiger partial charge in [-0.3, -0.25) is 4.79 Å². The van der Waals surface area contributed by atoms with E-state index in [1.165, 1.54) is 0 Å². The average molecular weight is 348 g/mol. The van der Waals surface area contributed by atoms with Crippen molar-refractivity contribution in [1.29, 1.82) is 0 Å². The van der Waals surface area contributed by atoms with Crippen LogP contribution in [0.5, 0.6) is 0 Å². The predicted molar refractivity (Wildman–Crippen MR) is 96.8 cm³/mol. The molecule has 0 bridgehead atoms. The van der Waals surface area contributed by atoms with Crippen LogP contribution in [0.25, 0.3) is 0 Å². The van der Waals surface area contributed by atoms with Gasteiger partial charge in [0.05, 0.1) is 19.3 Å². The number of nitrogens with zero attached hydrogens (tertiary/aromatic N) is 4. The molecule has 2 aliphatic rings. The summed E-state index contributed by atoms with van der Waals surface area (Å²) in [7, 11) is 1.86. The summed E-state index contributed by atoms with van der Waals surface area (Å²) in [6, 6.07) is 2.14. The second kappa shape index (κ2) is 8.44. The molecule has 2 atom stereocenters. The van der Waals surface area contributed by atoms with Crippen LogP contribution in [-0.2, 0) is 9.53 Å². The third-order valence-corrected chi connectivity index (χ3v) is 4.93. The van der Waals surface area contributed by atoms with Gasteiger partial charge in [-0.05, 0) is 19.8 Å². The Morgan fingerprint density at radius 3 is 2.92 bits per heavy atom. The van der Waals surface area contributed by atoms with Crippen molar-refractivity contribution in [1.82, 2.24) is 20.2 Å². The lowest BCUT2D eigenvalue weighted by Crippen LogP contribution is -2.51. The van der Waals surface area contributed by atoms with Crippen molar-refractivity contribution in [3.8, 4) is 0 Å². The average Bonchev–Trinajstić information content (AvgIpc) is 3.15. The second-order valence-corrected chi connectivity index (χ2v) is 6.57. The molecule has 138 valence electrons. The molecule has 0 saturated carbocycles. The van der Waals surface area contributed by atoms with Crippen LogP contribution in [0.15, 0.2) is 12.4 Å². The monoisotopic (exact) mass is 348 g/mol. The summed E-state index contributed by atoms with van der Waals surface area (Å²) in [6.45, 7) is 6.35. The van der Waals surface area contributed by atoms with Crippen LogP contribution in [0.3, 0.4) is 0 Å². The van der Waals surface area contributed by atoms with E-state index in [9.17, 15) is 4.79 Å². The SMILES string of the molecule is CNc1cc(N2CCC[C@H]2CN[C@H](C)C(=O)N2CCOCC2)ncn1. The molecule has 2 aliphatic heterocycles. The van der Waals surface area contributed by atoms with Crippen LogP contribution in [0, 0.1) is 0 Å². The summed E-state index contributed by atoms with van der Waals surface area (Å²) in [5.74, 6) is 1.92. The van der Waals surface area contributed by atoms with Gasteiger partial charge in [-0.2, -0.15) is 0 Å². The molecule has 8 heteroatoms. The molecular formula is C17H28N6O2. The van der Waals surface area contributed by atoms with E-state index in [-0.39, 0.29) is 11.9 Å². The minimum absolute atomic E-state index is 0.160. The van der Waals surface area contributed by atoms with Gasteiger partial charge in [0.2, 0.25) is 5.91 Å². The summed E-state index contributed by atoms with van der Waals surface area (Å²) < 4.78 is 5.31. The Kier molecular flexibility index (Phi) is 6.04. The quantitative estimate of drug-likeness (QED) is 0.766. The Morgan fingerprint density at radius 2 is 2.16 bits per heavy atom. The van der Waals surface area contributed by atoms with Crippen LogP contribution in [-0.4, -0.2) is 79.3 Å². The molecule has 0 aliphatic carbocycles. The van der Waals surface area contributed by atoms with Crippen molar-refractivity contribution in [2.75, 3.05) is 56.7 Å². The first kappa shape index (κ1) is 17.9. The minimum Gasteiger partial charge on any atom is -0.378 e. The summed E-state index contributed by atoms with van der Waals surface area (Å²) in [5, 5.41) is 6.47. The van der Waals surface area contributed by atoms with Gasteiger partial charge in [-0.1, -0.05) is 0 Å². The van der Waals surface area contributed by atoms with Gasteiger partial charge in [-0.25, -0.2) is 9.97 Å². The van der Waals surface area contributed by atoms with Crippen molar-refractivity contribution in [3.05, 3.63) is 12.4 Å². The summed E-state index contributed by atoms with van der Waals surface area (Å²) >= 11 is 0. The molecule has 0 aromatic carbocycles. The number of ether oxygens (including phenoxy) is 1. The number of rotatable bonds is 6. The van der Waals surface area contributed by atoms with Crippen molar-refractivity contribution in [3.63, 3.8) is 0 Å². The molecule has 2 fully saturated rings. The lowest BCUT2D eigenvalue weighted by Gasteiger charge is -2.31. The van der Waals surface area contributed by atoms with E-state index >= 15 is 0 Å². The molecule has 1 aromatic rings. The van der Waals surface area contributed by atoms with Crippen LogP contribution >= 0.6 is 0 Å². The first-order chi connectivity index (χ1) is 12.2. The molecule has 3 rings (SSSR count). The Bertz CT molecular complexity index is 578. The fourth-order valence-electron chi connectivity index (χ4n) is 3.45. The Labute approximate surface area is 148 Å². The topological polar surface area (TPSA) is 82.6 Å². The van der Waals surface area contributed by atoms with Gasteiger partial charge in [0, 0.05) is 45.3 Å². The van der Waals surface area contributed by atoms with Gasteiger partial charge < -0.3 is 25.2 Å². The number of aromatic nitrogens is 2. The summed E-state index contributed by atoms with van der Waals surface area (Å²) in [4.78, 5) is 25.3. The fourth-order valence-corrected chi connectivity index (χ4v) is 3.45. The smallest absolute Gasteiger partial charge is 0.239 e. The van der Waals surface area contributed by atoms with Crippen molar-refractivity contribution in [2.24, 2.45) is 0 Å². The van der Waals surface area contributed by atoms with Crippen molar-refractivity contribution in [2.45, 2.75) is 31.8 Å².